The van der Waals surface area contributed by atoms with Crippen molar-refractivity contribution >= 4 is 28.3 Å². The Kier molecular flexibility index (Phi) is 4.29. The number of thiazole rings is 1. The van der Waals surface area contributed by atoms with E-state index in [9.17, 15) is 14.7 Å². The molecular formula is C15H21N3O4S. The number of anilines is 1. The third-order valence-corrected chi connectivity index (χ3v) is 5.78. The van der Waals surface area contributed by atoms with Crippen LogP contribution in [0.3, 0.4) is 0 Å². The standard InChI is InChI=1S/C15H21N3O4S/c1-10(19)18-7-11(20)6-15(9-18)2-4-17(5-3-15)14-16-12(8-23-14)13(21)22/h8,11,20H,2-7,9H2,1H3,(H,21,22). The fourth-order valence-corrected chi connectivity index (χ4v) is 4.49. The van der Waals surface area contributed by atoms with Crippen LogP contribution >= 0.6 is 11.3 Å². The van der Waals surface area contributed by atoms with Crippen LogP contribution in [0, 0.1) is 5.41 Å². The Balaban J connectivity index is 1.67. The Morgan fingerprint density at radius 2 is 2.09 bits per heavy atom. The van der Waals surface area contributed by atoms with Crippen LogP contribution < -0.4 is 4.90 Å². The number of aromatic carboxylic acids is 1. The van der Waals surface area contributed by atoms with Gasteiger partial charge in [0.2, 0.25) is 5.91 Å². The molecule has 2 saturated heterocycles. The summed E-state index contributed by atoms with van der Waals surface area (Å²) in [4.78, 5) is 30.6. The van der Waals surface area contributed by atoms with Gasteiger partial charge in [0.15, 0.2) is 10.8 Å². The first-order valence-corrected chi connectivity index (χ1v) is 8.64. The van der Waals surface area contributed by atoms with E-state index in [-0.39, 0.29) is 17.0 Å². The number of hydrogen-bond acceptors (Lipinski definition) is 6. The molecule has 2 aliphatic heterocycles. The van der Waals surface area contributed by atoms with Crippen molar-refractivity contribution < 1.29 is 19.8 Å². The first-order chi connectivity index (χ1) is 10.9. The average molecular weight is 339 g/mol. The van der Waals surface area contributed by atoms with Gasteiger partial charge in [-0.05, 0) is 24.7 Å². The number of rotatable bonds is 2. The topological polar surface area (TPSA) is 94.0 Å². The lowest BCUT2D eigenvalue weighted by Crippen LogP contribution is -2.55. The minimum atomic E-state index is -1.01. The summed E-state index contributed by atoms with van der Waals surface area (Å²) in [6.45, 7) is 4.21. The minimum Gasteiger partial charge on any atom is -0.476 e. The number of aromatic nitrogens is 1. The smallest absolute Gasteiger partial charge is 0.355 e. The van der Waals surface area contributed by atoms with E-state index in [0.29, 0.717) is 13.1 Å². The molecule has 1 aromatic heterocycles. The second-order valence-corrected chi connectivity index (χ2v) is 7.40. The maximum atomic E-state index is 11.7. The molecule has 0 aliphatic carbocycles. The molecule has 1 spiro atoms. The van der Waals surface area contributed by atoms with Crippen LogP contribution in [0.5, 0.6) is 0 Å². The average Bonchev–Trinajstić information content (AvgIpc) is 2.97. The van der Waals surface area contributed by atoms with Crippen molar-refractivity contribution in [2.45, 2.75) is 32.3 Å². The molecule has 23 heavy (non-hydrogen) atoms. The van der Waals surface area contributed by atoms with Crippen LogP contribution in [-0.2, 0) is 4.79 Å². The van der Waals surface area contributed by atoms with Gasteiger partial charge in [-0.15, -0.1) is 11.3 Å². The van der Waals surface area contributed by atoms with E-state index in [4.69, 9.17) is 5.11 Å². The summed E-state index contributed by atoms with van der Waals surface area (Å²) in [5.41, 5.74) is 0.0494. The van der Waals surface area contributed by atoms with E-state index < -0.39 is 12.1 Å². The number of nitrogens with zero attached hydrogens (tertiary/aromatic N) is 3. The number of aliphatic hydroxyl groups is 1. The highest BCUT2D eigenvalue weighted by Crippen LogP contribution is 2.41. The molecule has 8 heteroatoms. The number of hydrogen-bond donors (Lipinski definition) is 2. The van der Waals surface area contributed by atoms with E-state index >= 15 is 0 Å². The molecule has 1 unspecified atom stereocenters. The van der Waals surface area contributed by atoms with Crippen molar-refractivity contribution in [3.8, 4) is 0 Å². The predicted octanol–water partition coefficient (Wildman–Crippen LogP) is 1.04. The van der Waals surface area contributed by atoms with Crippen LogP contribution in [0.15, 0.2) is 5.38 Å². The molecule has 3 heterocycles. The van der Waals surface area contributed by atoms with Gasteiger partial charge in [-0.1, -0.05) is 0 Å². The van der Waals surface area contributed by atoms with Gasteiger partial charge in [0.1, 0.15) is 0 Å². The molecule has 0 aromatic carbocycles. The monoisotopic (exact) mass is 339 g/mol. The lowest BCUT2D eigenvalue weighted by atomic mass is 9.71. The molecule has 7 nitrogen and oxygen atoms in total. The highest BCUT2D eigenvalue weighted by atomic mass is 32.1. The maximum Gasteiger partial charge on any atom is 0.355 e. The molecule has 1 aromatic rings. The van der Waals surface area contributed by atoms with Crippen molar-refractivity contribution in [1.29, 1.82) is 0 Å². The van der Waals surface area contributed by atoms with Crippen molar-refractivity contribution in [3.05, 3.63) is 11.1 Å². The number of carbonyl (C=O) groups excluding carboxylic acids is 1. The Bertz CT molecular complexity index is 610. The number of aliphatic hydroxyl groups excluding tert-OH is 1. The molecule has 0 saturated carbocycles. The van der Waals surface area contributed by atoms with Crippen LogP contribution in [0.1, 0.15) is 36.7 Å². The van der Waals surface area contributed by atoms with Gasteiger partial charge in [-0.25, -0.2) is 9.78 Å². The van der Waals surface area contributed by atoms with Gasteiger partial charge in [-0.3, -0.25) is 4.79 Å². The summed E-state index contributed by atoms with van der Waals surface area (Å²) in [5.74, 6) is -0.995. The van der Waals surface area contributed by atoms with Crippen LogP contribution in [0.4, 0.5) is 5.13 Å². The van der Waals surface area contributed by atoms with Gasteiger partial charge >= 0.3 is 5.97 Å². The van der Waals surface area contributed by atoms with E-state index in [1.807, 2.05) is 0 Å². The Labute approximate surface area is 138 Å². The van der Waals surface area contributed by atoms with Gasteiger partial charge in [0, 0.05) is 38.5 Å². The minimum absolute atomic E-state index is 0.0107. The lowest BCUT2D eigenvalue weighted by Gasteiger charge is -2.49. The summed E-state index contributed by atoms with van der Waals surface area (Å²) in [5, 5.41) is 21.4. The summed E-state index contributed by atoms with van der Waals surface area (Å²) < 4.78 is 0. The van der Waals surface area contributed by atoms with Crippen LogP contribution in [-0.4, -0.2) is 64.3 Å². The number of carboxylic acids is 1. The molecule has 2 N–H and O–H groups in total. The number of carboxylic acid groups (broad SMARTS) is 1. The van der Waals surface area contributed by atoms with Crippen LogP contribution in [0.25, 0.3) is 0 Å². The van der Waals surface area contributed by atoms with E-state index in [2.05, 4.69) is 9.88 Å². The fourth-order valence-electron chi connectivity index (χ4n) is 3.63. The second kappa shape index (κ2) is 6.09. The highest BCUT2D eigenvalue weighted by Gasteiger charge is 2.42. The third kappa shape index (κ3) is 3.32. The molecule has 126 valence electrons. The Morgan fingerprint density at radius 1 is 1.39 bits per heavy atom. The largest absolute Gasteiger partial charge is 0.476 e. The normalized spacial score (nSPS) is 24.0. The number of likely N-dealkylation sites (tertiary alicyclic amines) is 1. The molecule has 2 aliphatic rings. The number of amides is 1. The summed E-state index contributed by atoms with van der Waals surface area (Å²) in [6, 6.07) is 0. The summed E-state index contributed by atoms with van der Waals surface area (Å²) in [7, 11) is 0. The quantitative estimate of drug-likeness (QED) is 0.836. The van der Waals surface area contributed by atoms with Crippen molar-refractivity contribution in [2.24, 2.45) is 5.41 Å². The number of carbonyl (C=O) groups is 2. The van der Waals surface area contributed by atoms with Gasteiger partial charge < -0.3 is 20.0 Å². The molecular weight excluding hydrogens is 318 g/mol. The molecule has 2 fully saturated rings. The SMILES string of the molecule is CC(=O)N1CC(O)CC2(CCN(c3nc(C(=O)O)cs3)CC2)C1. The Hall–Kier alpha value is -1.67. The highest BCUT2D eigenvalue weighted by molar-refractivity contribution is 7.13. The van der Waals surface area contributed by atoms with Gasteiger partial charge in [0.25, 0.3) is 0 Å². The zero-order chi connectivity index (χ0) is 16.6. The maximum absolute atomic E-state index is 11.7. The van der Waals surface area contributed by atoms with Gasteiger partial charge in [-0.2, -0.15) is 0 Å². The molecule has 1 atom stereocenters. The third-order valence-electron chi connectivity index (χ3n) is 4.88. The molecule has 3 rings (SSSR count). The van der Waals surface area contributed by atoms with E-state index in [1.54, 1.807) is 17.2 Å². The van der Waals surface area contributed by atoms with Crippen LogP contribution in [0.2, 0.25) is 0 Å². The zero-order valence-corrected chi connectivity index (χ0v) is 13.9. The van der Waals surface area contributed by atoms with Crippen molar-refractivity contribution in [3.63, 3.8) is 0 Å². The fraction of sp³-hybridized carbons (Fsp3) is 0.667. The van der Waals surface area contributed by atoms with Crippen molar-refractivity contribution in [1.82, 2.24) is 9.88 Å². The number of β-amino-alcohol motifs (C(OH)–C–C–N with tert-alkyl or cyclic N) is 1. The van der Waals surface area contributed by atoms with E-state index in [1.165, 1.54) is 11.3 Å². The Morgan fingerprint density at radius 3 is 2.65 bits per heavy atom. The van der Waals surface area contributed by atoms with Gasteiger partial charge in [0.05, 0.1) is 6.10 Å². The predicted molar refractivity (Wildman–Crippen MR) is 85.8 cm³/mol. The second-order valence-electron chi connectivity index (χ2n) is 6.57. The van der Waals surface area contributed by atoms with E-state index in [0.717, 1.165) is 37.5 Å². The first-order valence-electron chi connectivity index (χ1n) is 7.76. The number of piperidine rings is 2. The van der Waals surface area contributed by atoms with Crippen molar-refractivity contribution in [2.75, 3.05) is 31.1 Å². The summed E-state index contributed by atoms with van der Waals surface area (Å²) in [6.07, 6.45) is 2.01. The zero-order valence-electron chi connectivity index (χ0n) is 13.1. The summed E-state index contributed by atoms with van der Waals surface area (Å²) >= 11 is 1.35. The first kappa shape index (κ1) is 16.2. The molecule has 1 amide bonds. The molecule has 0 radical (unpaired) electrons. The molecule has 0 bridgehead atoms. The lowest BCUT2D eigenvalue weighted by molar-refractivity contribution is -0.137.